The third-order valence-electron chi connectivity index (χ3n) is 6.05. The van der Waals surface area contributed by atoms with E-state index in [1.54, 1.807) is 0 Å². The van der Waals surface area contributed by atoms with Crippen LogP contribution in [0.3, 0.4) is 0 Å². The Morgan fingerprint density at radius 1 is 1.21 bits per heavy atom. The van der Waals surface area contributed by atoms with Crippen molar-refractivity contribution in [1.82, 2.24) is 0 Å². The van der Waals surface area contributed by atoms with Gasteiger partial charge in [-0.25, -0.2) is 0 Å². The van der Waals surface area contributed by atoms with Gasteiger partial charge in [0.05, 0.1) is 11.5 Å². The van der Waals surface area contributed by atoms with E-state index in [9.17, 15) is 4.79 Å². The van der Waals surface area contributed by atoms with Crippen molar-refractivity contribution in [3.05, 3.63) is 0 Å². The molecule has 0 heterocycles. The SMILES string of the molecule is CC(=O)OC12C3C4C1C1C2C3C41C#N. The average molecular weight is 187 g/mol. The predicted octanol–water partition coefficient (Wildman–Crippen LogP) is 0.563. The highest BCUT2D eigenvalue weighted by atomic mass is 16.6. The van der Waals surface area contributed by atoms with Crippen molar-refractivity contribution in [2.45, 2.75) is 12.5 Å². The number of nitriles is 1. The van der Waals surface area contributed by atoms with Gasteiger partial charge in [-0.2, -0.15) is 5.26 Å². The Balaban J connectivity index is 1.57. The quantitative estimate of drug-likeness (QED) is 0.564. The molecule has 6 saturated carbocycles. The highest BCUT2D eigenvalue weighted by molar-refractivity contribution is 5.71. The molecule has 0 bridgehead atoms. The molecule has 14 heavy (non-hydrogen) atoms. The second-order valence-corrected chi connectivity index (χ2v) is 5.65. The Morgan fingerprint density at radius 3 is 2.07 bits per heavy atom. The summed E-state index contributed by atoms with van der Waals surface area (Å²) in [6.45, 7) is 1.50. The zero-order chi connectivity index (χ0) is 9.46. The standard InChI is InChI=1S/C11H9NO2/c1-3(13)14-11-7-4-8(11)6-9(11)5(7)10(4,6)2-12/h4-9H,1H3. The van der Waals surface area contributed by atoms with Gasteiger partial charge in [0, 0.05) is 24.7 Å². The highest BCUT2D eigenvalue weighted by Gasteiger charge is 3.12. The van der Waals surface area contributed by atoms with Crippen LogP contribution in [0.15, 0.2) is 0 Å². The smallest absolute Gasteiger partial charge is 0.303 e. The van der Waals surface area contributed by atoms with Gasteiger partial charge >= 0.3 is 5.97 Å². The van der Waals surface area contributed by atoms with Gasteiger partial charge < -0.3 is 4.74 Å². The molecule has 6 fully saturated rings. The molecular weight excluding hydrogens is 178 g/mol. The molecule has 3 heteroatoms. The first-order valence-corrected chi connectivity index (χ1v) is 5.32. The van der Waals surface area contributed by atoms with Crippen molar-refractivity contribution < 1.29 is 9.53 Å². The normalized spacial score (nSPS) is 76.3. The van der Waals surface area contributed by atoms with E-state index in [-0.39, 0.29) is 17.0 Å². The van der Waals surface area contributed by atoms with Crippen LogP contribution in [-0.2, 0) is 9.53 Å². The number of ether oxygens (including phenoxy) is 1. The van der Waals surface area contributed by atoms with Crippen molar-refractivity contribution in [3.8, 4) is 6.07 Å². The van der Waals surface area contributed by atoms with E-state index in [2.05, 4.69) is 6.07 Å². The molecule has 6 aliphatic rings. The molecule has 0 aromatic rings. The van der Waals surface area contributed by atoms with Crippen molar-refractivity contribution >= 4 is 5.97 Å². The lowest BCUT2D eigenvalue weighted by Gasteiger charge is -3.07. The molecule has 3 nitrogen and oxygen atoms in total. The fourth-order valence-corrected chi connectivity index (χ4v) is 6.11. The van der Waals surface area contributed by atoms with E-state index in [0.717, 1.165) is 0 Å². The molecule has 0 unspecified atom stereocenters. The molecule has 70 valence electrons. The third-order valence-corrected chi connectivity index (χ3v) is 6.05. The molecule has 0 N–H and O–H groups in total. The van der Waals surface area contributed by atoms with Crippen LogP contribution >= 0.6 is 0 Å². The van der Waals surface area contributed by atoms with Crippen LogP contribution in [0.4, 0.5) is 0 Å². The summed E-state index contributed by atoms with van der Waals surface area (Å²) < 4.78 is 5.49. The molecule has 0 aromatic carbocycles. The summed E-state index contributed by atoms with van der Waals surface area (Å²) in [5.74, 6) is 3.49. The predicted molar refractivity (Wildman–Crippen MR) is 43.5 cm³/mol. The number of nitrogens with zero attached hydrogens (tertiary/aromatic N) is 1. The lowest BCUT2D eigenvalue weighted by atomic mass is 8.95. The van der Waals surface area contributed by atoms with E-state index in [1.807, 2.05) is 0 Å². The number of carbonyl (C=O) groups is 1. The Morgan fingerprint density at radius 2 is 1.71 bits per heavy atom. The summed E-state index contributed by atoms with van der Waals surface area (Å²) in [4.78, 5) is 11.0. The van der Waals surface area contributed by atoms with E-state index < -0.39 is 0 Å². The number of esters is 1. The van der Waals surface area contributed by atoms with E-state index in [4.69, 9.17) is 10.00 Å². The van der Waals surface area contributed by atoms with E-state index >= 15 is 0 Å². The molecule has 0 aromatic heterocycles. The van der Waals surface area contributed by atoms with Crippen molar-refractivity contribution in [2.75, 3.05) is 0 Å². The van der Waals surface area contributed by atoms with Crippen LogP contribution in [0.2, 0.25) is 0 Å². The van der Waals surface area contributed by atoms with Gasteiger partial charge in [0.25, 0.3) is 0 Å². The molecule has 0 aliphatic heterocycles. The van der Waals surface area contributed by atoms with Crippen molar-refractivity contribution in [1.29, 1.82) is 5.26 Å². The van der Waals surface area contributed by atoms with Crippen LogP contribution in [0, 0.1) is 52.3 Å². The molecule has 6 rings (SSSR count). The van der Waals surface area contributed by atoms with Crippen LogP contribution in [0.1, 0.15) is 6.92 Å². The van der Waals surface area contributed by atoms with Gasteiger partial charge in [-0.05, 0) is 17.8 Å². The molecule has 0 spiro atoms. The van der Waals surface area contributed by atoms with Crippen LogP contribution in [-0.4, -0.2) is 11.6 Å². The van der Waals surface area contributed by atoms with Gasteiger partial charge in [0.1, 0.15) is 5.60 Å². The largest absolute Gasteiger partial charge is 0.458 e. The minimum Gasteiger partial charge on any atom is -0.458 e. The summed E-state index contributed by atoms with van der Waals surface area (Å²) in [5.41, 5.74) is 0.0479. The Kier molecular flexibility index (Phi) is 0.573. The summed E-state index contributed by atoms with van der Waals surface area (Å²) in [5, 5.41) is 9.13. The number of hydrogen-bond donors (Lipinski definition) is 0. The highest BCUT2D eigenvalue weighted by Crippen LogP contribution is 3.07. The monoisotopic (exact) mass is 187 g/mol. The summed E-state index contributed by atoms with van der Waals surface area (Å²) in [6.07, 6.45) is 0. The Bertz CT molecular complexity index is 407. The summed E-state index contributed by atoms with van der Waals surface area (Å²) >= 11 is 0. The Labute approximate surface area is 81.0 Å². The number of hydrogen-bond acceptors (Lipinski definition) is 3. The topological polar surface area (TPSA) is 50.1 Å². The summed E-state index contributed by atoms with van der Waals surface area (Å²) in [7, 11) is 0. The zero-order valence-electron chi connectivity index (χ0n) is 7.73. The molecule has 0 saturated heterocycles. The van der Waals surface area contributed by atoms with Crippen molar-refractivity contribution in [3.63, 3.8) is 0 Å². The maximum absolute atomic E-state index is 11.0. The first kappa shape index (κ1) is 6.44. The first-order valence-electron chi connectivity index (χ1n) is 5.32. The van der Waals surface area contributed by atoms with E-state index in [0.29, 0.717) is 35.5 Å². The first-order chi connectivity index (χ1) is 6.71. The van der Waals surface area contributed by atoms with Gasteiger partial charge in [-0.3, -0.25) is 4.79 Å². The molecule has 6 aliphatic carbocycles. The second kappa shape index (κ2) is 1.25. The maximum Gasteiger partial charge on any atom is 0.303 e. The fourth-order valence-electron chi connectivity index (χ4n) is 6.11. The minimum atomic E-state index is -0.133. The number of rotatable bonds is 1. The summed E-state index contributed by atoms with van der Waals surface area (Å²) in [6, 6.07) is 2.52. The van der Waals surface area contributed by atoms with E-state index in [1.165, 1.54) is 6.92 Å². The molecular formula is C11H9NO2. The maximum atomic E-state index is 11.0. The minimum absolute atomic E-state index is 0.0373. The van der Waals surface area contributed by atoms with Crippen molar-refractivity contribution in [2.24, 2.45) is 40.9 Å². The van der Waals surface area contributed by atoms with Crippen LogP contribution < -0.4 is 0 Å². The van der Waals surface area contributed by atoms with Crippen LogP contribution in [0.25, 0.3) is 0 Å². The average Bonchev–Trinajstić information content (AvgIpc) is 2.18. The lowest BCUT2D eigenvalue weighted by Crippen LogP contribution is -3.12. The fraction of sp³-hybridized carbons (Fsp3) is 0.818. The zero-order valence-corrected chi connectivity index (χ0v) is 7.73. The van der Waals surface area contributed by atoms with Gasteiger partial charge in [0.2, 0.25) is 0 Å². The molecule has 0 atom stereocenters. The van der Waals surface area contributed by atoms with Gasteiger partial charge in [-0.1, -0.05) is 0 Å². The van der Waals surface area contributed by atoms with Crippen LogP contribution in [0.5, 0.6) is 0 Å². The van der Waals surface area contributed by atoms with Gasteiger partial charge in [0.15, 0.2) is 0 Å². The molecule has 0 amide bonds. The third kappa shape index (κ3) is 0.242. The van der Waals surface area contributed by atoms with Gasteiger partial charge in [-0.15, -0.1) is 0 Å². The number of carbonyl (C=O) groups excluding carboxylic acids is 1. The second-order valence-electron chi connectivity index (χ2n) is 5.65. The molecule has 0 radical (unpaired) electrons. The lowest BCUT2D eigenvalue weighted by molar-refractivity contribution is -0.644. The Hall–Kier alpha value is -1.04.